The lowest BCUT2D eigenvalue weighted by Gasteiger charge is -2.21. The van der Waals surface area contributed by atoms with Crippen LogP contribution in [0.3, 0.4) is 0 Å². The first-order chi connectivity index (χ1) is 18.0. The Morgan fingerprint density at radius 1 is 1.16 bits per heavy atom. The number of nitrogens with zero attached hydrogens (tertiary/aromatic N) is 3. The monoisotopic (exact) mass is 517 g/mol. The van der Waals surface area contributed by atoms with Crippen LogP contribution in [0.1, 0.15) is 44.6 Å². The SMILES string of the molecule is C[C@@H]1C[C@H]2CN1CCn1sc3c(cccc3c1=O)-c1nc3c(c(CNC4CCCC4)ccc3[nH]c1=O)O2. The first-order valence-electron chi connectivity index (χ1n) is 13.4. The molecule has 2 aliphatic heterocycles. The molecular weight excluding hydrogens is 486 g/mol. The molecule has 6 bridgehead atoms. The van der Waals surface area contributed by atoms with E-state index in [0.717, 1.165) is 35.5 Å². The number of fused-ring (bicyclic) bond motifs is 5. The van der Waals surface area contributed by atoms with Crippen molar-refractivity contribution in [3.63, 3.8) is 0 Å². The number of aromatic amines is 1. The Morgan fingerprint density at radius 2 is 2.03 bits per heavy atom. The zero-order chi connectivity index (χ0) is 25.1. The minimum atomic E-state index is -0.261. The van der Waals surface area contributed by atoms with Crippen LogP contribution in [0.25, 0.3) is 32.4 Å². The molecular formula is C28H31N5O3S. The van der Waals surface area contributed by atoms with E-state index in [1.165, 1.54) is 37.2 Å². The van der Waals surface area contributed by atoms with Gasteiger partial charge in [0.05, 0.1) is 15.6 Å². The van der Waals surface area contributed by atoms with Crippen LogP contribution in [-0.2, 0) is 13.1 Å². The average Bonchev–Trinajstić information content (AvgIpc) is 3.61. The van der Waals surface area contributed by atoms with Gasteiger partial charge in [-0.1, -0.05) is 42.6 Å². The van der Waals surface area contributed by atoms with E-state index >= 15 is 0 Å². The van der Waals surface area contributed by atoms with Crippen molar-refractivity contribution in [2.75, 3.05) is 13.1 Å². The minimum absolute atomic E-state index is 0.00504. The van der Waals surface area contributed by atoms with Crippen LogP contribution >= 0.6 is 11.5 Å². The molecule has 2 aromatic heterocycles. The number of nitrogens with one attached hydrogen (secondary N) is 2. The first kappa shape index (κ1) is 23.1. The number of ether oxygens (including phenoxy) is 1. The molecule has 8 nitrogen and oxygen atoms in total. The Balaban J connectivity index is 1.44. The molecule has 0 spiro atoms. The van der Waals surface area contributed by atoms with Gasteiger partial charge in [-0.25, -0.2) is 4.98 Å². The quantitative estimate of drug-likeness (QED) is 0.429. The lowest BCUT2D eigenvalue weighted by Crippen LogP contribution is -2.33. The minimum Gasteiger partial charge on any atom is -0.486 e. The van der Waals surface area contributed by atoms with Crippen molar-refractivity contribution in [3.05, 3.63) is 56.6 Å². The Morgan fingerprint density at radius 3 is 2.89 bits per heavy atom. The summed E-state index contributed by atoms with van der Waals surface area (Å²) in [5.41, 5.74) is 3.16. The van der Waals surface area contributed by atoms with Gasteiger partial charge in [0.1, 0.15) is 17.3 Å². The lowest BCUT2D eigenvalue weighted by molar-refractivity contribution is 0.195. The van der Waals surface area contributed by atoms with Gasteiger partial charge < -0.3 is 15.0 Å². The van der Waals surface area contributed by atoms with Crippen molar-refractivity contribution >= 4 is 32.7 Å². The van der Waals surface area contributed by atoms with E-state index in [1.54, 1.807) is 0 Å². The van der Waals surface area contributed by atoms with Crippen molar-refractivity contribution in [2.45, 2.75) is 70.3 Å². The van der Waals surface area contributed by atoms with Crippen LogP contribution in [0.5, 0.6) is 5.75 Å². The molecule has 192 valence electrons. The Labute approximate surface area is 218 Å². The summed E-state index contributed by atoms with van der Waals surface area (Å²) in [4.78, 5) is 36.9. The fourth-order valence-corrected chi connectivity index (χ4v) is 7.35. The maximum Gasteiger partial charge on any atom is 0.275 e. The lowest BCUT2D eigenvalue weighted by atomic mass is 10.1. The maximum atomic E-state index is 13.3. The van der Waals surface area contributed by atoms with Gasteiger partial charge in [0.2, 0.25) is 0 Å². The van der Waals surface area contributed by atoms with Gasteiger partial charge in [-0.3, -0.25) is 18.4 Å². The predicted octanol–water partition coefficient (Wildman–Crippen LogP) is 3.85. The van der Waals surface area contributed by atoms with Crippen LogP contribution in [0.4, 0.5) is 0 Å². The third kappa shape index (κ3) is 4.00. The molecule has 37 heavy (non-hydrogen) atoms. The van der Waals surface area contributed by atoms with Crippen LogP contribution in [0.2, 0.25) is 0 Å². The molecule has 3 aliphatic rings. The van der Waals surface area contributed by atoms with E-state index in [9.17, 15) is 9.59 Å². The third-order valence-electron chi connectivity index (χ3n) is 8.31. The topological polar surface area (TPSA) is 92.3 Å². The van der Waals surface area contributed by atoms with Crippen LogP contribution in [-0.4, -0.2) is 50.1 Å². The highest BCUT2D eigenvalue weighted by atomic mass is 32.1. The summed E-state index contributed by atoms with van der Waals surface area (Å²) in [6.45, 7) is 5.14. The van der Waals surface area contributed by atoms with Crippen molar-refractivity contribution in [3.8, 4) is 17.0 Å². The van der Waals surface area contributed by atoms with Gasteiger partial charge >= 0.3 is 0 Å². The Kier molecular flexibility index (Phi) is 5.67. The largest absolute Gasteiger partial charge is 0.486 e. The van der Waals surface area contributed by atoms with E-state index in [2.05, 4.69) is 28.2 Å². The summed E-state index contributed by atoms with van der Waals surface area (Å²) in [7, 11) is 0. The molecule has 0 amide bonds. The van der Waals surface area contributed by atoms with E-state index in [1.807, 2.05) is 28.2 Å². The number of benzene rings is 2. The molecule has 1 saturated heterocycles. The molecule has 4 heterocycles. The summed E-state index contributed by atoms with van der Waals surface area (Å²) < 4.78 is 9.39. The molecule has 3 atom stereocenters. The highest BCUT2D eigenvalue weighted by molar-refractivity contribution is 7.14. The zero-order valence-electron chi connectivity index (χ0n) is 21.0. The van der Waals surface area contributed by atoms with Crippen molar-refractivity contribution in [2.24, 2.45) is 0 Å². The van der Waals surface area contributed by atoms with Gasteiger partial charge in [-0.15, -0.1) is 0 Å². The number of aromatic nitrogens is 3. The Hall–Kier alpha value is -3.01. The summed E-state index contributed by atoms with van der Waals surface area (Å²) in [6, 6.07) is 10.5. The fraction of sp³-hybridized carbons (Fsp3) is 0.464. The normalized spacial score (nSPS) is 23.8. The highest BCUT2D eigenvalue weighted by Crippen LogP contribution is 2.35. The molecule has 1 saturated carbocycles. The Bertz CT molecular complexity index is 1620. The predicted molar refractivity (Wildman–Crippen MR) is 147 cm³/mol. The molecule has 4 aromatic rings. The first-order valence-corrected chi connectivity index (χ1v) is 14.2. The molecule has 1 aliphatic carbocycles. The third-order valence-corrected chi connectivity index (χ3v) is 9.50. The zero-order valence-corrected chi connectivity index (χ0v) is 21.8. The second kappa shape index (κ2) is 9.08. The summed E-state index contributed by atoms with van der Waals surface area (Å²) in [5, 5.41) is 4.36. The number of H-pyrrole nitrogens is 1. The van der Waals surface area contributed by atoms with E-state index < -0.39 is 0 Å². The smallest absolute Gasteiger partial charge is 0.275 e. The molecule has 1 unspecified atom stereocenters. The second-order valence-corrected chi connectivity index (χ2v) is 11.8. The summed E-state index contributed by atoms with van der Waals surface area (Å²) in [5.74, 6) is 0.759. The van der Waals surface area contributed by atoms with E-state index in [0.29, 0.717) is 52.9 Å². The standard InChI is InChI=1S/C28H31N5O3S/c1-16-13-19-15-32(16)11-12-33-28(35)21-8-4-7-20(26(21)37-33)23-27(34)30-22-10-9-17(25(36-19)24(22)31-23)14-29-18-5-2-3-6-18/h4,7-10,16,18-19,29H,2-3,5-6,11-15H2,1H3,(H,30,34)/t16-,19+/m1/s1. The number of rotatable bonds is 3. The highest BCUT2D eigenvalue weighted by Gasteiger charge is 2.32. The molecule has 7 rings (SSSR count). The van der Waals surface area contributed by atoms with Gasteiger partial charge in [-0.05, 0) is 31.9 Å². The van der Waals surface area contributed by atoms with Crippen molar-refractivity contribution < 1.29 is 4.74 Å². The summed E-state index contributed by atoms with van der Waals surface area (Å²) >= 11 is 1.43. The van der Waals surface area contributed by atoms with Gasteiger partial charge in [0.15, 0.2) is 5.75 Å². The van der Waals surface area contributed by atoms with Crippen LogP contribution < -0.4 is 21.2 Å². The second-order valence-electron chi connectivity index (χ2n) is 10.7. The van der Waals surface area contributed by atoms with Gasteiger partial charge in [0, 0.05) is 55.8 Å². The molecule has 9 heteroatoms. The molecule has 2 N–H and O–H groups in total. The van der Waals surface area contributed by atoms with E-state index in [4.69, 9.17) is 9.72 Å². The number of hydrogen-bond acceptors (Lipinski definition) is 7. The van der Waals surface area contributed by atoms with Crippen LogP contribution in [0, 0.1) is 0 Å². The number of hydrogen-bond donors (Lipinski definition) is 2. The average molecular weight is 518 g/mol. The molecule has 0 radical (unpaired) electrons. The van der Waals surface area contributed by atoms with Gasteiger partial charge in [-0.2, -0.15) is 0 Å². The van der Waals surface area contributed by atoms with Crippen LogP contribution in [0.15, 0.2) is 39.9 Å². The molecule has 2 fully saturated rings. The molecule has 2 aromatic carbocycles. The maximum absolute atomic E-state index is 13.3. The van der Waals surface area contributed by atoms with E-state index in [-0.39, 0.29) is 17.2 Å². The fourth-order valence-electron chi connectivity index (χ4n) is 6.26. The van der Waals surface area contributed by atoms with Crippen molar-refractivity contribution in [1.29, 1.82) is 0 Å². The van der Waals surface area contributed by atoms with Gasteiger partial charge in [0.25, 0.3) is 11.1 Å². The van der Waals surface area contributed by atoms with Crippen molar-refractivity contribution in [1.82, 2.24) is 24.1 Å². The summed E-state index contributed by atoms with van der Waals surface area (Å²) in [6.07, 6.45) is 5.90.